The van der Waals surface area contributed by atoms with E-state index in [1.807, 2.05) is 19.9 Å². The molecule has 4 aliphatic carbocycles. The van der Waals surface area contributed by atoms with Crippen molar-refractivity contribution in [1.82, 2.24) is 0 Å². The van der Waals surface area contributed by atoms with Crippen molar-refractivity contribution in [2.45, 2.75) is 111 Å². The minimum atomic E-state index is -0.630. The van der Waals surface area contributed by atoms with Gasteiger partial charge >= 0.3 is 11.9 Å². The number of ether oxygens (including phenoxy) is 3. The van der Waals surface area contributed by atoms with Crippen LogP contribution in [0.5, 0.6) is 0 Å². The summed E-state index contributed by atoms with van der Waals surface area (Å²) in [5.41, 5.74) is 2.90. The zero-order chi connectivity index (χ0) is 30.2. The zero-order valence-corrected chi connectivity index (χ0v) is 26.3. The molecule has 0 N–H and O–H groups in total. The van der Waals surface area contributed by atoms with Gasteiger partial charge in [-0.1, -0.05) is 38.5 Å². The third-order valence-corrected chi connectivity index (χ3v) is 11.9. The molecule has 42 heavy (non-hydrogen) atoms. The second-order valence-corrected chi connectivity index (χ2v) is 15.5. The smallest absolute Gasteiger partial charge is 0.337 e. The molecule has 6 nitrogen and oxygen atoms in total. The van der Waals surface area contributed by atoms with E-state index >= 15 is 0 Å². The van der Waals surface area contributed by atoms with E-state index in [9.17, 15) is 14.4 Å². The molecule has 2 heterocycles. The first-order valence-corrected chi connectivity index (χ1v) is 16.0. The summed E-state index contributed by atoms with van der Waals surface area (Å²) in [6.45, 7) is 15.5. The molecule has 0 aromatic carbocycles. The number of esters is 2. The summed E-state index contributed by atoms with van der Waals surface area (Å²) in [7, 11) is 1.38. The van der Waals surface area contributed by atoms with E-state index in [0.717, 1.165) is 36.3 Å². The summed E-state index contributed by atoms with van der Waals surface area (Å²) in [6.07, 6.45) is 11.5. The molecule has 0 aromatic heterocycles. The van der Waals surface area contributed by atoms with E-state index in [1.165, 1.54) is 20.0 Å². The van der Waals surface area contributed by atoms with Gasteiger partial charge < -0.3 is 14.2 Å². The Morgan fingerprint density at radius 2 is 1.81 bits per heavy atom. The van der Waals surface area contributed by atoms with Crippen LogP contribution in [0.1, 0.15) is 98.8 Å². The van der Waals surface area contributed by atoms with Crippen molar-refractivity contribution in [3.63, 3.8) is 0 Å². The second-order valence-electron chi connectivity index (χ2n) is 15.5. The van der Waals surface area contributed by atoms with Gasteiger partial charge in [-0.15, -0.1) is 0 Å². The van der Waals surface area contributed by atoms with E-state index in [2.05, 4.69) is 27.4 Å². The molecule has 3 saturated carbocycles. The normalized spacial score (nSPS) is 42.1. The molecule has 8 atom stereocenters. The molecule has 6 rings (SSSR count). The first-order valence-electron chi connectivity index (χ1n) is 16.0. The predicted molar refractivity (Wildman–Crippen MR) is 160 cm³/mol. The summed E-state index contributed by atoms with van der Waals surface area (Å²) in [5.74, 6) is 0.751. The minimum absolute atomic E-state index is 0.0216. The minimum Gasteiger partial charge on any atom is -0.491 e. The molecule has 0 unspecified atom stereocenters. The van der Waals surface area contributed by atoms with Crippen LogP contribution in [0.15, 0.2) is 46.8 Å². The van der Waals surface area contributed by atoms with Crippen LogP contribution in [0.4, 0.5) is 0 Å². The fraction of sp³-hybridized carbons (Fsp3) is 0.694. The molecule has 6 heteroatoms. The van der Waals surface area contributed by atoms with Crippen LogP contribution in [0.2, 0.25) is 0 Å². The number of methoxy groups -OCH3 is 1. The molecule has 1 spiro atoms. The maximum Gasteiger partial charge on any atom is 0.337 e. The summed E-state index contributed by atoms with van der Waals surface area (Å²) < 4.78 is 18.2. The Morgan fingerprint density at radius 3 is 2.52 bits per heavy atom. The predicted octanol–water partition coefficient (Wildman–Crippen LogP) is 7.19. The Labute approximate surface area is 251 Å². The maximum absolute atomic E-state index is 14.2. The highest BCUT2D eigenvalue weighted by atomic mass is 16.5. The van der Waals surface area contributed by atoms with Crippen LogP contribution in [0, 0.1) is 40.4 Å². The number of hydrogen-bond donors (Lipinski definition) is 0. The number of carbonyl (C=O) groups is 3. The Hall–Kier alpha value is -2.63. The van der Waals surface area contributed by atoms with E-state index in [0.29, 0.717) is 66.3 Å². The molecule has 0 radical (unpaired) electrons. The molecule has 2 aliphatic heterocycles. The van der Waals surface area contributed by atoms with Crippen LogP contribution in [0.3, 0.4) is 0 Å². The van der Waals surface area contributed by atoms with Gasteiger partial charge in [0.15, 0.2) is 5.78 Å². The highest BCUT2D eigenvalue weighted by Gasteiger charge is 2.67. The van der Waals surface area contributed by atoms with E-state index < -0.39 is 17.5 Å². The monoisotopic (exact) mass is 576 g/mol. The van der Waals surface area contributed by atoms with E-state index in [1.54, 1.807) is 6.08 Å². The van der Waals surface area contributed by atoms with E-state index in [4.69, 9.17) is 14.2 Å². The lowest BCUT2D eigenvalue weighted by atomic mass is 9.67. The quantitative estimate of drug-likeness (QED) is 0.256. The first-order chi connectivity index (χ1) is 19.7. The average Bonchev–Trinajstić information content (AvgIpc) is 3.25. The van der Waals surface area contributed by atoms with Crippen LogP contribution < -0.4 is 0 Å². The molecule has 6 aliphatic rings. The maximum atomic E-state index is 14.2. The Bertz CT molecular complexity index is 1310. The number of fused-ring (bicyclic) bond motifs is 6. The van der Waals surface area contributed by atoms with Gasteiger partial charge in [0.05, 0.1) is 18.6 Å². The van der Waals surface area contributed by atoms with Crippen LogP contribution in [-0.2, 0) is 28.6 Å². The standard InChI is InChI=1S/C36H48O6/c1-20(2)22-8-9-23-14-25(41-32(23)38)12-21(3)13-29(37)26-18-36(42-30(15-22)31(26)33(39)40-7)11-10-27-28(36)19-34(4,5)16-24-17-35(24,27)6/h13-14,22,24-28H,1,8-12,15-19H2,2-7H3/b21-13+/t22-,24+,25+,26+,27-,28+,35-,36-/m1/s1. The van der Waals surface area contributed by atoms with Gasteiger partial charge in [-0.2, -0.15) is 0 Å². The van der Waals surface area contributed by atoms with Crippen molar-refractivity contribution in [3.8, 4) is 0 Å². The third kappa shape index (κ3) is 5.01. The Morgan fingerprint density at radius 1 is 1.05 bits per heavy atom. The number of allylic oxidation sites excluding steroid dienone is 3. The lowest BCUT2D eigenvalue weighted by Crippen LogP contribution is -2.48. The first kappa shape index (κ1) is 29.4. The van der Waals surface area contributed by atoms with Crippen molar-refractivity contribution >= 4 is 17.7 Å². The summed E-state index contributed by atoms with van der Waals surface area (Å²) >= 11 is 0. The Balaban J connectivity index is 1.46. The molecule has 4 bridgehead atoms. The van der Waals surface area contributed by atoms with Crippen LogP contribution in [0.25, 0.3) is 0 Å². The van der Waals surface area contributed by atoms with Gasteiger partial charge in [0.25, 0.3) is 0 Å². The molecule has 3 fully saturated rings. The lowest BCUT2D eigenvalue weighted by molar-refractivity contribution is -0.143. The fourth-order valence-corrected chi connectivity index (χ4v) is 9.59. The lowest BCUT2D eigenvalue weighted by Gasteiger charge is -2.47. The van der Waals surface area contributed by atoms with Crippen molar-refractivity contribution in [2.75, 3.05) is 7.11 Å². The largest absolute Gasteiger partial charge is 0.491 e. The highest BCUT2D eigenvalue weighted by molar-refractivity contribution is 6.03. The fourth-order valence-electron chi connectivity index (χ4n) is 9.59. The summed E-state index contributed by atoms with van der Waals surface area (Å²) in [6, 6.07) is 0. The highest BCUT2D eigenvalue weighted by Crippen LogP contribution is 2.72. The van der Waals surface area contributed by atoms with Gasteiger partial charge in [0, 0.05) is 30.8 Å². The summed E-state index contributed by atoms with van der Waals surface area (Å²) in [5, 5.41) is 0. The second kappa shape index (κ2) is 10.2. The van der Waals surface area contributed by atoms with E-state index in [-0.39, 0.29) is 29.2 Å². The number of carbonyl (C=O) groups excluding carboxylic acids is 3. The number of ketones is 1. The zero-order valence-electron chi connectivity index (χ0n) is 26.3. The molecule has 228 valence electrons. The molecule has 0 aromatic rings. The van der Waals surface area contributed by atoms with Gasteiger partial charge in [-0.3, -0.25) is 4.79 Å². The molecular weight excluding hydrogens is 528 g/mol. The molecule has 0 saturated heterocycles. The van der Waals surface area contributed by atoms with Crippen molar-refractivity contribution < 1.29 is 28.6 Å². The van der Waals surface area contributed by atoms with Gasteiger partial charge in [0.1, 0.15) is 17.5 Å². The third-order valence-electron chi connectivity index (χ3n) is 11.9. The van der Waals surface area contributed by atoms with Crippen molar-refractivity contribution in [1.29, 1.82) is 0 Å². The van der Waals surface area contributed by atoms with Crippen molar-refractivity contribution in [2.24, 2.45) is 40.4 Å². The SMILES string of the molecule is C=C(C)[C@@H]1CCC2=C[C@H](C/C(C)=C/C(=O)[C@@H]3C[C@@]4(CC[C@@H]5[C@@H]4CC(C)(C)C[C@H]4C[C@]45C)OC(=C3C(=O)OC)C1)OC2=O. The average molecular weight is 577 g/mol. The van der Waals surface area contributed by atoms with Gasteiger partial charge in [-0.25, -0.2) is 9.59 Å². The number of hydrogen-bond acceptors (Lipinski definition) is 6. The van der Waals surface area contributed by atoms with Gasteiger partial charge in [-0.05, 0) is 99.5 Å². The van der Waals surface area contributed by atoms with Crippen molar-refractivity contribution in [3.05, 3.63) is 46.8 Å². The summed E-state index contributed by atoms with van der Waals surface area (Å²) in [4.78, 5) is 40.4. The van der Waals surface area contributed by atoms with Crippen LogP contribution in [-0.4, -0.2) is 36.5 Å². The topological polar surface area (TPSA) is 78.9 Å². The number of rotatable bonds is 2. The Kier molecular flexibility index (Phi) is 7.17. The van der Waals surface area contributed by atoms with Crippen LogP contribution >= 0.6 is 0 Å². The van der Waals surface area contributed by atoms with Gasteiger partial charge in [0.2, 0.25) is 0 Å². The molecule has 0 amide bonds. The molecular formula is C36H48O6.